The van der Waals surface area contributed by atoms with E-state index in [9.17, 15) is 9.59 Å². The summed E-state index contributed by atoms with van der Waals surface area (Å²) in [6, 6.07) is 29.3. The first-order chi connectivity index (χ1) is 32.6. The van der Waals surface area contributed by atoms with Crippen molar-refractivity contribution in [3.05, 3.63) is 115 Å². The molecule has 19 heteroatoms. The Morgan fingerprint density at radius 3 is 1.65 bits per heavy atom. The van der Waals surface area contributed by atoms with Crippen molar-refractivity contribution in [2.75, 3.05) is 32.0 Å². The van der Waals surface area contributed by atoms with Gasteiger partial charge in [-0.25, -0.2) is 0 Å². The van der Waals surface area contributed by atoms with Gasteiger partial charge in [0.25, 0.3) is 11.8 Å². The molecule has 0 aliphatic heterocycles. The van der Waals surface area contributed by atoms with Crippen molar-refractivity contribution < 1.29 is 33.8 Å². The summed E-state index contributed by atoms with van der Waals surface area (Å²) in [5, 5.41) is 43.0. The number of benzene rings is 5. The summed E-state index contributed by atoms with van der Waals surface area (Å²) in [6.07, 6.45) is 4.82. The van der Waals surface area contributed by atoms with Crippen molar-refractivity contribution >= 4 is 112 Å². The number of nitrogens with one attached hydrogen (secondary N) is 2. The highest BCUT2D eigenvalue weighted by molar-refractivity contribution is 14.1. The zero-order valence-electron chi connectivity index (χ0n) is 37.9. The lowest BCUT2D eigenvalue weighted by Crippen LogP contribution is -2.31. The summed E-state index contributed by atoms with van der Waals surface area (Å²) in [5.41, 5.74) is 18.3. The molecule has 68 heavy (non-hydrogen) atoms. The van der Waals surface area contributed by atoms with Crippen molar-refractivity contribution in [3.8, 4) is 39.5 Å². The minimum Gasteiger partial charge on any atom is -0.497 e. The van der Waals surface area contributed by atoms with Crippen LogP contribution in [-0.2, 0) is 0 Å². The third-order valence-corrected chi connectivity index (χ3v) is 13.5. The number of amides is 2. The van der Waals surface area contributed by atoms with Gasteiger partial charge in [0.15, 0.2) is 11.4 Å². The maximum atomic E-state index is 12.1. The molecule has 0 bridgehead atoms. The Hall–Kier alpha value is -5.61. The number of aromatic nitrogens is 4. The molecule has 0 saturated heterocycles. The molecule has 2 atom stereocenters. The van der Waals surface area contributed by atoms with Crippen LogP contribution in [0.15, 0.2) is 99.9 Å². The van der Waals surface area contributed by atoms with Gasteiger partial charge in [0, 0.05) is 52.0 Å². The maximum Gasteiger partial charge on any atom is 0.492 e. The second-order valence-electron chi connectivity index (χ2n) is 16.5. The van der Waals surface area contributed by atoms with Gasteiger partial charge in [-0.3, -0.25) is 9.59 Å². The molecule has 8 N–H and O–H groups in total. The van der Waals surface area contributed by atoms with Gasteiger partial charge < -0.3 is 46.4 Å². The molecule has 2 saturated carbocycles. The van der Waals surface area contributed by atoms with Crippen LogP contribution in [0.25, 0.3) is 44.1 Å². The van der Waals surface area contributed by atoms with Crippen LogP contribution in [0, 0.1) is 15.4 Å². The Balaban J connectivity index is 0.000000178. The van der Waals surface area contributed by atoms with Crippen molar-refractivity contribution in [3.63, 3.8) is 0 Å². The second kappa shape index (κ2) is 22.2. The Labute approximate surface area is 424 Å². The van der Waals surface area contributed by atoms with Crippen molar-refractivity contribution in [1.82, 2.24) is 20.4 Å². The first kappa shape index (κ1) is 50.3. The highest BCUT2D eigenvalue weighted by atomic mass is 127. The van der Waals surface area contributed by atoms with Crippen molar-refractivity contribution in [2.24, 2.45) is 23.3 Å². The Kier molecular flexibility index (Phi) is 16.4. The number of halogens is 3. The highest BCUT2D eigenvalue weighted by Crippen LogP contribution is 2.41. The summed E-state index contributed by atoms with van der Waals surface area (Å²) >= 11 is 8.95. The number of anilines is 2. The number of carbonyl (C=O) groups is 2. The normalized spacial score (nSPS) is 13.8. The van der Waals surface area contributed by atoms with Crippen molar-refractivity contribution in [1.29, 1.82) is 0 Å². The molecule has 2 amide bonds. The number of hydrogen-bond donors (Lipinski definition) is 6. The standard InChI is InChI=1S/C28H27BrN4O3.C14H15IN4O.C7H8BBrO3/c1-15(16-4-5-16)31-26-21-9-6-18(13-23(21)32-33-27(26)28(30)34)22-12-17(7-11-24(22)35-2)20-10-8-19(29)14-25(20)36-3;1-7(8-2-3-8)17-12-10-5-4-9(15)6-11(10)18-19-13(12)14(16)20;1-12-7-3-2-5(9)4-6(7)8(10)11/h6-16H,4-5H2,1-3H3,(H2,30,34)(H,31,32);4-8H,2-3H2,1H3,(H2,16,20)(H,17,18);2-4,10-11H,1H3/t15-;7-;/m11./s1. The highest BCUT2D eigenvalue weighted by Gasteiger charge is 2.31. The summed E-state index contributed by atoms with van der Waals surface area (Å²) < 4.78 is 19.0. The number of fused-ring (bicyclic) bond motifs is 2. The topological polar surface area (TPSA) is 230 Å². The van der Waals surface area contributed by atoms with Gasteiger partial charge >= 0.3 is 7.12 Å². The number of rotatable bonds is 14. The maximum absolute atomic E-state index is 12.1. The quantitative estimate of drug-likeness (QED) is 0.0443. The molecule has 2 fully saturated rings. The van der Waals surface area contributed by atoms with Crippen LogP contribution in [0.2, 0.25) is 0 Å². The molecule has 352 valence electrons. The summed E-state index contributed by atoms with van der Waals surface area (Å²) in [7, 11) is 3.29. The number of methoxy groups -OCH3 is 3. The van der Waals surface area contributed by atoms with E-state index in [4.69, 9.17) is 35.7 Å². The van der Waals surface area contributed by atoms with Gasteiger partial charge in [-0.2, -0.15) is 0 Å². The number of ether oxygens (including phenoxy) is 3. The number of carbonyl (C=O) groups excluding carboxylic acids is 2. The van der Waals surface area contributed by atoms with E-state index in [1.165, 1.54) is 32.8 Å². The average Bonchev–Trinajstić information content (AvgIpc) is 4.26. The number of nitrogens with zero attached hydrogens (tertiary/aromatic N) is 4. The largest absolute Gasteiger partial charge is 0.497 e. The van der Waals surface area contributed by atoms with E-state index in [1.807, 2.05) is 66.7 Å². The van der Waals surface area contributed by atoms with E-state index >= 15 is 0 Å². The molecule has 2 aromatic heterocycles. The van der Waals surface area contributed by atoms with Gasteiger partial charge in [-0.05, 0) is 164 Å². The fraction of sp³-hybridized carbons (Fsp3) is 0.265. The van der Waals surface area contributed by atoms with Crippen LogP contribution in [0.4, 0.5) is 11.4 Å². The number of primary amides is 2. The lowest BCUT2D eigenvalue weighted by atomic mass is 9.80. The minimum atomic E-state index is -1.50. The zero-order valence-corrected chi connectivity index (χ0v) is 43.2. The van der Waals surface area contributed by atoms with E-state index in [-0.39, 0.29) is 17.4 Å². The van der Waals surface area contributed by atoms with Gasteiger partial charge in [0.05, 0.1) is 43.7 Å². The number of nitrogens with two attached hydrogens (primary N) is 2. The van der Waals surface area contributed by atoms with Crippen LogP contribution in [-0.4, -0.2) is 82.8 Å². The fourth-order valence-corrected chi connectivity index (χ4v) is 8.98. The third kappa shape index (κ3) is 12.0. The molecule has 9 rings (SSSR count). The van der Waals surface area contributed by atoms with E-state index in [2.05, 4.69) is 105 Å². The van der Waals surface area contributed by atoms with Gasteiger partial charge in [-0.1, -0.05) is 44.0 Å². The molecule has 2 heterocycles. The van der Waals surface area contributed by atoms with Gasteiger partial charge in [-0.15, -0.1) is 20.4 Å². The predicted molar refractivity (Wildman–Crippen MR) is 283 cm³/mol. The number of hydrogen-bond acceptors (Lipinski definition) is 13. The first-order valence-electron chi connectivity index (χ1n) is 21.7. The zero-order chi connectivity index (χ0) is 48.8. The van der Waals surface area contributed by atoms with Crippen LogP contribution >= 0.6 is 54.5 Å². The van der Waals surface area contributed by atoms with Gasteiger partial charge in [0.2, 0.25) is 0 Å². The molecule has 2 aliphatic carbocycles. The molecule has 0 radical (unpaired) electrons. The summed E-state index contributed by atoms with van der Waals surface area (Å²) in [4.78, 5) is 23.7. The SMILES string of the molecule is COc1cc(Br)ccc1-c1ccc(OC)c(-c2ccc3c(N[C@H](C)C4CC4)c(C(N)=O)nnc3c2)c1.COc1ccc(Br)cc1B(O)O.C[C@@H](Nc1c(C(N)=O)nnc2cc(I)ccc12)C1CC1. The molecule has 0 spiro atoms. The fourth-order valence-electron chi connectivity index (χ4n) is 7.79. The van der Waals surface area contributed by atoms with E-state index in [1.54, 1.807) is 32.4 Å². The Bertz CT molecular complexity index is 3000. The predicted octanol–water partition coefficient (Wildman–Crippen LogP) is 8.73. The molecule has 0 unspecified atom stereocenters. The van der Waals surface area contributed by atoms with Crippen LogP contribution in [0.5, 0.6) is 17.2 Å². The van der Waals surface area contributed by atoms with Gasteiger partial charge in [0.1, 0.15) is 17.2 Å². The van der Waals surface area contributed by atoms with E-state index in [0.717, 1.165) is 62.6 Å². The van der Waals surface area contributed by atoms with Crippen LogP contribution < -0.4 is 41.8 Å². The van der Waals surface area contributed by atoms with Crippen LogP contribution in [0.1, 0.15) is 60.5 Å². The third-order valence-electron chi connectivity index (χ3n) is 11.8. The van der Waals surface area contributed by atoms with E-state index < -0.39 is 18.9 Å². The van der Waals surface area contributed by atoms with Crippen molar-refractivity contribution in [2.45, 2.75) is 51.6 Å². The molecular formula is C49H50BBr2IN8O7. The molecule has 7 aromatic rings. The average molecular weight is 1160 g/mol. The molecule has 5 aromatic carbocycles. The summed E-state index contributed by atoms with van der Waals surface area (Å²) in [6.45, 7) is 4.25. The Morgan fingerprint density at radius 1 is 0.632 bits per heavy atom. The second-order valence-corrected chi connectivity index (χ2v) is 19.6. The molecule has 15 nitrogen and oxygen atoms in total. The van der Waals surface area contributed by atoms with Crippen LogP contribution in [0.3, 0.4) is 0 Å². The molecule has 2 aliphatic rings. The van der Waals surface area contributed by atoms with E-state index in [0.29, 0.717) is 46.0 Å². The summed E-state index contributed by atoms with van der Waals surface area (Å²) in [5.74, 6) is 2.08. The smallest absolute Gasteiger partial charge is 0.492 e. The monoisotopic (exact) mass is 1160 g/mol. The Morgan fingerprint density at radius 2 is 1.12 bits per heavy atom. The first-order valence-corrected chi connectivity index (χ1v) is 24.4. The molecular weight excluding hydrogens is 1110 g/mol. The lowest BCUT2D eigenvalue weighted by molar-refractivity contribution is 0.0987. The lowest BCUT2D eigenvalue weighted by Gasteiger charge is -2.18. The minimum absolute atomic E-state index is 0.157.